The first-order chi connectivity index (χ1) is 12.8. The van der Waals surface area contributed by atoms with Gasteiger partial charge in [-0.3, -0.25) is 4.79 Å². The highest BCUT2D eigenvalue weighted by molar-refractivity contribution is 7.91. The van der Waals surface area contributed by atoms with Gasteiger partial charge in [0.25, 0.3) is 0 Å². The van der Waals surface area contributed by atoms with Crippen LogP contribution < -0.4 is 15.8 Å². The lowest BCUT2D eigenvalue weighted by Crippen LogP contribution is -2.32. The van der Waals surface area contributed by atoms with Crippen molar-refractivity contribution in [2.45, 2.75) is 17.4 Å². The fraction of sp³-hybridized carbons (Fsp3) is 0.278. The van der Waals surface area contributed by atoms with Gasteiger partial charge in [0.2, 0.25) is 5.91 Å². The van der Waals surface area contributed by atoms with Crippen LogP contribution >= 0.6 is 12.4 Å². The van der Waals surface area contributed by atoms with Gasteiger partial charge in [0.15, 0.2) is 21.4 Å². The van der Waals surface area contributed by atoms with E-state index in [0.717, 1.165) is 18.2 Å². The van der Waals surface area contributed by atoms with E-state index in [1.165, 1.54) is 18.2 Å². The minimum Gasteiger partial charge on any atom is -0.489 e. The summed E-state index contributed by atoms with van der Waals surface area (Å²) in [6.45, 7) is 0.315. The topological polar surface area (TPSA) is 98.5 Å². The second kappa shape index (κ2) is 8.85. The number of ether oxygens (including phenoxy) is 1. The van der Waals surface area contributed by atoms with Gasteiger partial charge < -0.3 is 15.8 Å². The maximum atomic E-state index is 13.5. The molecule has 6 nitrogen and oxygen atoms in total. The van der Waals surface area contributed by atoms with Crippen LogP contribution in [0.5, 0.6) is 5.75 Å². The van der Waals surface area contributed by atoms with Crippen molar-refractivity contribution in [2.24, 2.45) is 5.73 Å². The highest BCUT2D eigenvalue weighted by atomic mass is 35.5. The number of hydrogen-bond acceptors (Lipinski definition) is 5. The summed E-state index contributed by atoms with van der Waals surface area (Å²) < 4.78 is 56.4. The van der Waals surface area contributed by atoms with Gasteiger partial charge in [-0.05, 0) is 42.3 Å². The number of halogens is 3. The number of hydrogen-bond donors (Lipinski definition) is 2. The number of benzene rings is 2. The number of primary amides is 1. The second-order valence-corrected chi connectivity index (χ2v) is 8.23. The number of amides is 1. The van der Waals surface area contributed by atoms with Gasteiger partial charge in [0, 0.05) is 24.2 Å². The zero-order valence-corrected chi connectivity index (χ0v) is 16.3. The number of sulfone groups is 1. The van der Waals surface area contributed by atoms with Crippen molar-refractivity contribution in [3.63, 3.8) is 0 Å². The lowest BCUT2D eigenvalue weighted by atomic mass is 10.0. The van der Waals surface area contributed by atoms with E-state index >= 15 is 0 Å². The Hall–Kier alpha value is -2.23. The zero-order valence-electron chi connectivity index (χ0n) is 14.7. The van der Waals surface area contributed by atoms with Crippen LogP contribution in [0.3, 0.4) is 0 Å². The summed E-state index contributed by atoms with van der Waals surface area (Å²) in [6, 6.07) is 6.84. The van der Waals surface area contributed by atoms with Gasteiger partial charge in [-0.1, -0.05) is 0 Å². The normalized spacial score (nSPS) is 17.3. The van der Waals surface area contributed by atoms with E-state index in [1.807, 2.05) is 0 Å². The number of carbonyl (C=O) groups is 1. The molecule has 0 bridgehead atoms. The monoisotopic (exact) mass is 432 g/mol. The van der Waals surface area contributed by atoms with E-state index in [0.29, 0.717) is 12.0 Å². The van der Waals surface area contributed by atoms with Crippen molar-refractivity contribution in [3.05, 3.63) is 59.2 Å². The molecule has 10 heteroatoms. The molecule has 152 valence electrons. The number of nitrogens with one attached hydrogen (secondary N) is 1. The second-order valence-electron chi connectivity index (χ2n) is 6.15. The summed E-state index contributed by atoms with van der Waals surface area (Å²) in [5, 5.41) is 3.13. The van der Waals surface area contributed by atoms with Crippen molar-refractivity contribution >= 4 is 28.2 Å². The molecule has 1 aliphatic heterocycles. The molecule has 1 amide bonds. The lowest BCUT2D eigenvalue weighted by Gasteiger charge is -2.27. The molecule has 0 saturated carbocycles. The van der Waals surface area contributed by atoms with Gasteiger partial charge in [-0.25, -0.2) is 17.2 Å². The zero-order chi connectivity index (χ0) is 19.6. The fourth-order valence-electron chi connectivity index (χ4n) is 2.99. The van der Waals surface area contributed by atoms with Gasteiger partial charge in [0.1, 0.15) is 12.4 Å². The van der Waals surface area contributed by atoms with Crippen LogP contribution in [0.4, 0.5) is 8.78 Å². The van der Waals surface area contributed by atoms with Gasteiger partial charge in [0.05, 0.1) is 10.6 Å². The third-order valence-electron chi connectivity index (χ3n) is 4.32. The Balaban J connectivity index is 0.00000280. The highest BCUT2D eigenvalue weighted by Crippen LogP contribution is 2.32. The van der Waals surface area contributed by atoms with Gasteiger partial charge in [-0.15, -0.1) is 12.4 Å². The average molecular weight is 433 g/mol. The van der Waals surface area contributed by atoms with Crippen LogP contribution in [-0.4, -0.2) is 33.2 Å². The Morgan fingerprint density at radius 2 is 1.96 bits per heavy atom. The Morgan fingerprint density at radius 1 is 1.21 bits per heavy atom. The molecule has 0 fully saturated rings. The molecular formula is C18H19ClF2N2O4S. The molecule has 0 aromatic heterocycles. The Morgan fingerprint density at radius 3 is 2.68 bits per heavy atom. The van der Waals surface area contributed by atoms with E-state index in [1.54, 1.807) is 0 Å². The standard InChI is InChI=1S/C18H18F2N2O4S.ClH/c19-12-2-3-14(20)16(10-12)26-7-6-22-15-5-8-27(24,25)17-4-1-11(18(21)23)9-13(15)17;/h1-4,9-10,15,22H,5-8H2,(H2,21,23);1H. The van der Waals surface area contributed by atoms with Crippen LogP contribution in [0, 0.1) is 11.6 Å². The van der Waals surface area contributed by atoms with Gasteiger partial charge >= 0.3 is 0 Å². The lowest BCUT2D eigenvalue weighted by molar-refractivity contribution is 0.1000. The summed E-state index contributed by atoms with van der Waals surface area (Å²) in [7, 11) is -3.42. The Kier molecular flexibility index (Phi) is 6.97. The highest BCUT2D eigenvalue weighted by Gasteiger charge is 2.30. The minimum absolute atomic E-state index is 0. The summed E-state index contributed by atoms with van der Waals surface area (Å²) in [4.78, 5) is 11.6. The van der Waals surface area contributed by atoms with Crippen molar-refractivity contribution < 1.29 is 26.7 Å². The van der Waals surface area contributed by atoms with Crippen LogP contribution in [0.2, 0.25) is 0 Å². The van der Waals surface area contributed by atoms with Crippen molar-refractivity contribution in [1.82, 2.24) is 5.32 Å². The number of nitrogens with two attached hydrogens (primary N) is 1. The summed E-state index contributed by atoms with van der Waals surface area (Å²) in [5.74, 6) is -2.15. The Bertz CT molecular complexity index is 986. The number of rotatable bonds is 6. The predicted molar refractivity (Wildman–Crippen MR) is 101 cm³/mol. The smallest absolute Gasteiger partial charge is 0.248 e. The molecule has 28 heavy (non-hydrogen) atoms. The molecule has 0 aliphatic carbocycles. The molecule has 1 aliphatic rings. The molecule has 3 N–H and O–H groups in total. The molecule has 0 saturated heterocycles. The molecule has 1 heterocycles. The van der Waals surface area contributed by atoms with Crippen LogP contribution in [-0.2, 0) is 9.84 Å². The number of carbonyl (C=O) groups excluding carboxylic acids is 1. The van der Waals surface area contributed by atoms with Crippen molar-refractivity contribution in [3.8, 4) is 5.75 Å². The Labute approximate surface area is 167 Å². The molecule has 2 aromatic carbocycles. The van der Waals surface area contributed by atoms with Gasteiger partial charge in [-0.2, -0.15) is 0 Å². The van der Waals surface area contributed by atoms with Crippen LogP contribution in [0.15, 0.2) is 41.3 Å². The molecule has 1 atom stereocenters. The molecule has 2 aromatic rings. The van der Waals surface area contributed by atoms with E-state index < -0.39 is 27.4 Å². The number of fused-ring (bicyclic) bond motifs is 1. The third kappa shape index (κ3) is 4.78. The largest absolute Gasteiger partial charge is 0.489 e. The molecular weight excluding hydrogens is 414 g/mol. The molecule has 1 unspecified atom stereocenters. The first-order valence-corrected chi connectivity index (χ1v) is 9.91. The summed E-state index contributed by atoms with van der Waals surface area (Å²) in [5.41, 5.74) is 5.96. The van der Waals surface area contributed by atoms with Crippen LogP contribution in [0.25, 0.3) is 0 Å². The fourth-order valence-corrected chi connectivity index (χ4v) is 4.59. The maximum absolute atomic E-state index is 13.5. The van der Waals surface area contributed by atoms with E-state index in [4.69, 9.17) is 10.5 Å². The van der Waals surface area contributed by atoms with Crippen molar-refractivity contribution in [1.29, 1.82) is 0 Å². The van der Waals surface area contributed by atoms with Crippen LogP contribution in [0.1, 0.15) is 28.4 Å². The molecule has 0 radical (unpaired) electrons. The minimum atomic E-state index is -3.42. The average Bonchev–Trinajstić information content (AvgIpc) is 2.62. The third-order valence-corrected chi connectivity index (χ3v) is 6.14. The van der Waals surface area contributed by atoms with E-state index in [2.05, 4.69) is 5.32 Å². The van der Waals surface area contributed by atoms with E-state index in [9.17, 15) is 22.0 Å². The first-order valence-electron chi connectivity index (χ1n) is 8.25. The first kappa shape index (κ1) is 22.1. The molecule has 3 rings (SSSR count). The van der Waals surface area contributed by atoms with Crippen molar-refractivity contribution in [2.75, 3.05) is 18.9 Å². The quantitative estimate of drug-likeness (QED) is 0.683. The summed E-state index contributed by atoms with van der Waals surface area (Å²) in [6.07, 6.45) is 0.311. The maximum Gasteiger partial charge on any atom is 0.248 e. The van der Waals surface area contributed by atoms with E-state index in [-0.39, 0.29) is 53.6 Å². The predicted octanol–water partition coefficient (Wildman–Crippen LogP) is 2.37. The molecule has 0 spiro atoms. The SMILES string of the molecule is Cl.NC(=O)c1ccc2c(c1)C(NCCOc1cc(F)ccc1F)CCS2(=O)=O. The summed E-state index contributed by atoms with van der Waals surface area (Å²) >= 11 is 0.